The van der Waals surface area contributed by atoms with Gasteiger partial charge in [0.05, 0.1) is 25.4 Å². The van der Waals surface area contributed by atoms with Crippen molar-refractivity contribution >= 4 is 13.7 Å². The molecule has 354 valence electrons. The zero-order valence-corrected chi connectivity index (χ0v) is 40.3. The highest BCUT2D eigenvalue weighted by Crippen LogP contribution is 2.43. The third-order valence-corrected chi connectivity index (χ3v) is 11.8. The molecule has 0 aliphatic heterocycles. The molecule has 0 aromatic heterocycles. The predicted octanol–water partition coefficient (Wildman–Crippen LogP) is 14.8. The maximum absolute atomic E-state index is 12.8. The third-order valence-electron chi connectivity index (χ3n) is 10.8. The Labute approximate surface area is 376 Å². The second kappa shape index (κ2) is 47.4. The van der Waals surface area contributed by atoms with Gasteiger partial charge in [-0.3, -0.25) is 13.8 Å². The number of carbonyl (C=O) groups is 1. The SMILES string of the molecule is CC/C=C\C/C=C\C/C=C\C/C=C\C/C=C\C/C=C\CCCCC(=O)NC(COP(=O)(O)OCCN)C(O)CCCCCCCCCCCCCCCCCCCCCCC. The van der Waals surface area contributed by atoms with Crippen LogP contribution in [0.4, 0.5) is 0 Å². The average Bonchev–Trinajstić information content (AvgIpc) is 3.25. The van der Waals surface area contributed by atoms with Crippen LogP contribution >= 0.6 is 7.82 Å². The van der Waals surface area contributed by atoms with E-state index in [1.54, 1.807) is 0 Å². The lowest BCUT2D eigenvalue weighted by Gasteiger charge is -2.25. The second-order valence-corrected chi connectivity index (χ2v) is 18.1. The Hall–Kier alpha value is -2.06. The van der Waals surface area contributed by atoms with E-state index in [-0.39, 0.29) is 25.7 Å². The van der Waals surface area contributed by atoms with Gasteiger partial charge in [0.25, 0.3) is 0 Å². The average molecular weight is 875 g/mol. The number of nitrogens with two attached hydrogens (primary N) is 1. The Morgan fingerprint density at radius 3 is 1.36 bits per heavy atom. The van der Waals surface area contributed by atoms with Gasteiger partial charge in [0, 0.05) is 13.0 Å². The van der Waals surface area contributed by atoms with Gasteiger partial charge in [-0.15, -0.1) is 0 Å². The smallest absolute Gasteiger partial charge is 0.391 e. The predicted molar refractivity (Wildman–Crippen MR) is 263 cm³/mol. The molecule has 0 aliphatic rings. The molecule has 0 heterocycles. The van der Waals surface area contributed by atoms with Gasteiger partial charge >= 0.3 is 7.82 Å². The van der Waals surface area contributed by atoms with Crippen molar-refractivity contribution < 1.29 is 28.4 Å². The topological polar surface area (TPSA) is 131 Å². The zero-order valence-electron chi connectivity index (χ0n) is 39.4. The molecule has 0 saturated carbocycles. The van der Waals surface area contributed by atoms with E-state index in [0.717, 1.165) is 70.6 Å². The summed E-state index contributed by atoms with van der Waals surface area (Å²) < 4.78 is 22.3. The Morgan fingerprint density at radius 1 is 0.557 bits per heavy atom. The third kappa shape index (κ3) is 45.8. The Balaban J connectivity index is 4.17. The Kier molecular flexibility index (Phi) is 45.8. The molecule has 61 heavy (non-hydrogen) atoms. The standard InChI is InChI=1S/C52H95N2O6P/c1-3-5-7-9-11-13-15-17-19-21-23-25-27-29-31-33-35-37-39-41-43-45-51(55)50(49-60-61(57,58)59-48-47-53)54-52(56)46-44-42-40-38-36-34-32-30-28-26-24-22-20-18-16-14-12-10-8-6-4-2/h6,8,12,14,18,20,24,26,30,32,36,38,50-51,55H,3-5,7,9-11,13,15-17,19,21-23,25,27-29,31,33-35,37,39-49,53H2,1-2H3,(H,54,56)(H,57,58)/b8-6-,14-12-,20-18-,26-24-,32-30-,38-36-. The molecule has 0 spiro atoms. The minimum absolute atomic E-state index is 0.0781. The van der Waals surface area contributed by atoms with Crippen molar-refractivity contribution in [3.8, 4) is 0 Å². The Morgan fingerprint density at radius 2 is 0.951 bits per heavy atom. The quantitative estimate of drug-likeness (QED) is 0.0272. The van der Waals surface area contributed by atoms with Crippen molar-refractivity contribution in [1.82, 2.24) is 5.32 Å². The van der Waals surface area contributed by atoms with Crippen LogP contribution in [0.5, 0.6) is 0 Å². The first-order valence-corrected chi connectivity index (χ1v) is 26.5. The lowest BCUT2D eigenvalue weighted by atomic mass is 10.0. The first kappa shape index (κ1) is 58.9. The number of aliphatic hydroxyl groups is 1. The number of aliphatic hydroxyl groups excluding tert-OH is 1. The number of amides is 1. The van der Waals surface area contributed by atoms with Crippen molar-refractivity contribution in [1.29, 1.82) is 0 Å². The first-order valence-electron chi connectivity index (χ1n) is 25.1. The van der Waals surface area contributed by atoms with Crippen LogP contribution < -0.4 is 11.1 Å². The molecule has 0 fully saturated rings. The number of hydrogen-bond donors (Lipinski definition) is 4. The fourth-order valence-electron chi connectivity index (χ4n) is 7.08. The number of unbranched alkanes of at least 4 members (excludes halogenated alkanes) is 22. The van der Waals surface area contributed by atoms with E-state index in [0.29, 0.717) is 19.3 Å². The number of carbonyl (C=O) groups excluding carboxylic acids is 1. The molecule has 1 amide bonds. The van der Waals surface area contributed by atoms with Crippen molar-refractivity contribution in [2.24, 2.45) is 5.73 Å². The molecular formula is C52H95N2O6P. The van der Waals surface area contributed by atoms with Crippen molar-refractivity contribution in [2.75, 3.05) is 19.8 Å². The molecule has 3 unspecified atom stereocenters. The number of phosphoric ester groups is 1. The van der Waals surface area contributed by atoms with Gasteiger partial charge in [0.2, 0.25) is 5.91 Å². The summed E-state index contributed by atoms with van der Waals surface area (Å²) in [4.78, 5) is 22.8. The fourth-order valence-corrected chi connectivity index (χ4v) is 7.84. The zero-order chi connectivity index (χ0) is 44.6. The summed E-state index contributed by atoms with van der Waals surface area (Å²) in [6, 6.07) is -0.803. The minimum Gasteiger partial charge on any atom is -0.391 e. The highest BCUT2D eigenvalue weighted by atomic mass is 31.2. The van der Waals surface area contributed by atoms with Gasteiger partial charge in [-0.25, -0.2) is 4.57 Å². The maximum atomic E-state index is 12.8. The van der Waals surface area contributed by atoms with Gasteiger partial charge < -0.3 is 21.1 Å². The monoisotopic (exact) mass is 875 g/mol. The second-order valence-electron chi connectivity index (χ2n) is 16.6. The fraction of sp³-hybridized carbons (Fsp3) is 0.750. The molecule has 0 aromatic carbocycles. The van der Waals surface area contributed by atoms with Gasteiger partial charge in [-0.1, -0.05) is 222 Å². The van der Waals surface area contributed by atoms with Crippen molar-refractivity contribution in [2.45, 2.75) is 231 Å². The van der Waals surface area contributed by atoms with Crippen LogP contribution in [0, 0.1) is 0 Å². The summed E-state index contributed by atoms with van der Waals surface area (Å²) in [5.41, 5.74) is 5.39. The summed E-state index contributed by atoms with van der Waals surface area (Å²) in [6.07, 6.45) is 62.1. The van der Waals surface area contributed by atoms with Gasteiger partial charge in [-0.2, -0.15) is 0 Å². The lowest BCUT2D eigenvalue weighted by molar-refractivity contribution is -0.123. The van der Waals surface area contributed by atoms with Gasteiger partial charge in [0.15, 0.2) is 0 Å². The lowest BCUT2D eigenvalue weighted by Crippen LogP contribution is -2.46. The largest absolute Gasteiger partial charge is 0.472 e. The van der Waals surface area contributed by atoms with E-state index in [1.807, 2.05) is 0 Å². The normalized spacial score (nSPS) is 14.5. The van der Waals surface area contributed by atoms with E-state index >= 15 is 0 Å². The van der Waals surface area contributed by atoms with Crippen LogP contribution in [-0.4, -0.2) is 47.8 Å². The number of allylic oxidation sites excluding steroid dienone is 12. The van der Waals surface area contributed by atoms with E-state index < -0.39 is 20.0 Å². The minimum atomic E-state index is -4.34. The van der Waals surface area contributed by atoms with Crippen LogP contribution in [0.3, 0.4) is 0 Å². The maximum Gasteiger partial charge on any atom is 0.472 e. The van der Waals surface area contributed by atoms with E-state index in [9.17, 15) is 19.4 Å². The van der Waals surface area contributed by atoms with Gasteiger partial charge in [-0.05, 0) is 64.2 Å². The summed E-state index contributed by atoms with van der Waals surface area (Å²) >= 11 is 0. The molecule has 5 N–H and O–H groups in total. The molecule has 0 bridgehead atoms. The molecule has 0 radical (unpaired) electrons. The van der Waals surface area contributed by atoms with Crippen LogP contribution in [0.1, 0.15) is 219 Å². The molecule has 9 heteroatoms. The van der Waals surface area contributed by atoms with Crippen LogP contribution in [0.15, 0.2) is 72.9 Å². The molecule has 0 aromatic rings. The van der Waals surface area contributed by atoms with E-state index in [1.165, 1.54) is 116 Å². The highest BCUT2D eigenvalue weighted by Gasteiger charge is 2.27. The molecule has 0 rings (SSSR count). The number of nitrogens with one attached hydrogen (secondary N) is 1. The molecule has 0 aliphatic carbocycles. The van der Waals surface area contributed by atoms with E-state index in [2.05, 4.69) is 92.1 Å². The molecule has 0 saturated heterocycles. The van der Waals surface area contributed by atoms with E-state index in [4.69, 9.17) is 14.8 Å². The van der Waals surface area contributed by atoms with Crippen molar-refractivity contribution in [3.63, 3.8) is 0 Å². The van der Waals surface area contributed by atoms with Crippen molar-refractivity contribution in [3.05, 3.63) is 72.9 Å². The molecular weight excluding hydrogens is 780 g/mol. The number of phosphoric acid groups is 1. The van der Waals surface area contributed by atoms with Crippen LogP contribution in [0.2, 0.25) is 0 Å². The summed E-state index contributed by atoms with van der Waals surface area (Å²) in [7, 11) is -4.34. The summed E-state index contributed by atoms with van der Waals surface area (Å²) in [5, 5.41) is 13.8. The van der Waals surface area contributed by atoms with Crippen LogP contribution in [0.25, 0.3) is 0 Å². The number of hydrogen-bond acceptors (Lipinski definition) is 6. The highest BCUT2D eigenvalue weighted by molar-refractivity contribution is 7.47. The van der Waals surface area contributed by atoms with Crippen LogP contribution in [-0.2, 0) is 18.4 Å². The molecule has 8 nitrogen and oxygen atoms in total. The van der Waals surface area contributed by atoms with Gasteiger partial charge in [0.1, 0.15) is 0 Å². The first-order chi connectivity index (χ1) is 29.9. The Bertz CT molecular complexity index is 1180. The summed E-state index contributed by atoms with van der Waals surface area (Å²) in [5.74, 6) is -0.204. The molecule has 3 atom stereocenters. The summed E-state index contributed by atoms with van der Waals surface area (Å²) in [6.45, 7) is 4.07. The number of rotatable bonds is 46.